The quantitative estimate of drug-likeness (QED) is 0.563. The Morgan fingerprint density at radius 3 is 2.52 bits per heavy atom. The molecule has 0 aliphatic carbocycles. The summed E-state index contributed by atoms with van der Waals surface area (Å²) in [5.41, 5.74) is 0. The first kappa shape index (κ1) is 17.1. The van der Waals surface area contributed by atoms with Gasteiger partial charge in [-0.3, -0.25) is 9.59 Å². The number of aliphatic carboxylic acids is 1. The van der Waals surface area contributed by atoms with Crippen molar-refractivity contribution in [1.82, 2.24) is 19.6 Å². The van der Waals surface area contributed by atoms with Crippen LogP contribution in [0.4, 0.5) is 0 Å². The maximum atomic E-state index is 11.9. The van der Waals surface area contributed by atoms with E-state index in [1.54, 1.807) is 18.5 Å². The molecular weight excluding hydrogens is 300 g/mol. The van der Waals surface area contributed by atoms with Crippen LogP contribution in [0.25, 0.3) is 0 Å². The zero-order valence-electron chi connectivity index (χ0n) is 11.8. The standard InChI is InChI=1S/C11H18N4O5S/c1-8-14-10(7-15(8)2)21(19,20)13-6-3-9(16)12-5-4-11(17)18/h7,13H,3-6H2,1-2H3,(H,12,16)(H,17,18). The van der Waals surface area contributed by atoms with Crippen LogP contribution in [0.2, 0.25) is 0 Å². The number of carboxylic acids is 1. The summed E-state index contributed by atoms with van der Waals surface area (Å²) in [4.78, 5) is 25.5. The lowest BCUT2D eigenvalue weighted by atomic mass is 10.4. The van der Waals surface area contributed by atoms with Crippen LogP contribution in [0.15, 0.2) is 11.2 Å². The number of nitrogens with zero attached hydrogens (tertiary/aromatic N) is 2. The number of hydrogen-bond acceptors (Lipinski definition) is 5. The number of aryl methyl sites for hydroxylation is 2. The lowest BCUT2D eigenvalue weighted by Gasteiger charge is -2.05. The van der Waals surface area contributed by atoms with Crippen molar-refractivity contribution in [2.45, 2.75) is 24.8 Å². The molecule has 118 valence electrons. The Morgan fingerprint density at radius 1 is 1.33 bits per heavy atom. The van der Waals surface area contributed by atoms with Crippen molar-refractivity contribution in [3.8, 4) is 0 Å². The third kappa shape index (κ3) is 5.52. The van der Waals surface area contributed by atoms with Gasteiger partial charge in [0.1, 0.15) is 5.82 Å². The van der Waals surface area contributed by atoms with Gasteiger partial charge in [-0.15, -0.1) is 0 Å². The number of amides is 1. The fourth-order valence-corrected chi connectivity index (χ4v) is 2.49. The Morgan fingerprint density at radius 2 is 2.00 bits per heavy atom. The van der Waals surface area contributed by atoms with Crippen LogP contribution in [0.1, 0.15) is 18.7 Å². The number of carbonyl (C=O) groups is 2. The number of carbonyl (C=O) groups excluding carboxylic acids is 1. The van der Waals surface area contributed by atoms with E-state index in [-0.39, 0.29) is 31.0 Å². The third-order valence-electron chi connectivity index (χ3n) is 2.67. The van der Waals surface area contributed by atoms with Gasteiger partial charge in [0.15, 0.2) is 5.03 Å². The first-order valence-corrected chi connectivity index (χ1v) is 7.69. The number of imidazole rings is 1. The van der Waals surface area contributed by atoms with E-state index in [2.05, 4.69) is 15.0 Å². The molecule has 0 saturated heterocycles. The van der Waals surface area contributed by atoms with Gasteiger partial charge in [0.05, 0.1) is 6.42 Å². The second kappa shape index (κ2) is 7.18. The minimum Gasteiger partial charge on any atom is -0.481 e. The van der Waals surface area contributed by atoms with Crippen LogP contribution >= 0.6 is 0 Å². The molecule has 0 bridgehead atoms. The summed E-state index contributed by atoms with van der Waals surface area (Å²) in [5, 5.41) is 10.7. The Labute approximate surface area is 122 Å². The molecule has 10 heteroatoms. The smallest absolute Gasteiger partial charge is 0.305 e. The van der Waals surface area contributed by atoms with Gasteiger partial charge in [-0.05, 0) is 6.92 Å². The Kier molecular flexibility index (Phi) is 5.85. The largest absolute Gasteiger partial charge is 0.481 e. The summed E-state index contributed by atoms with van der Waals surface area (Å²) in [7, 11) is -2.07. The van der Waals surface area contributed by atoms with Gasteiger partial charge in [0.25, 0.3) is 10.0 Å². The van der Waals surface area contributed by atoms with Gasteiger partial charge in [-0.1, -0.05) is 0 Å². The van der Waals surface area contributed by atoms with E-state index < -0.39 is 21.9 Å². The van der Waals surface area contributed by atoms with E-state index in [4.69, 9.17) is 5.11 Å². The van der Waals surface area contributed by atoms with E-state index in [1.165, 1.54) is 6.20 Å². The molecule has 21 heavy (non-hydrogen) atoms. The molecule has 0 fully saturated rings. The summed E-state index contributed by atoms with van der Waals surface area (Å²) >= 11 is 0. The zero-order chi connectivity index (χ0) is 16.0. The summed E-state index contributed by atoms with van der Waals surface area (Å²) in [5.74, 6) is -0.875. The van der Waals surface area contributed by atoms with Gasteiger partial charge < -0.3 is 15.0 Å². The molecule has 1 aromatic rings. The minimum atomic E-state index is -3.75. The van der Waals surface area contributed by atoms with Gasteiger partial charge in [-0.2, -0.15) is 0 Å². The van der Waals surface area contributed by atoms with E-state index in [1.807, 2.05) is 0 Å². The Hall–Kier alpha value is -1.94. The summed E-state index contributed by atoms with van der Waals surface area (Å²) < 4.78 is 27.6. The maximum absolute atomic E-state index is 11.9. The highest BCUT2D eigenvalue weighted by Gasteiger charge is 2.18. The predicted octanol–water partition coefficient (Wildman–Crippen LogP) is -1.01. The summed E-state index contributed by atoms with van der Waals surface area (Å²) in [6, 6.07) is 0. The molecule has 0 saturated carbocycles. The molecule has 0 unspecified atom stereocenters. The van der Waals surface area contributed by atoms with Crippen molar-refractivity contribution in [1.29, 1.82) is 0 Å². The molecule has 0 atom stereocenters. The van der Waals surface area contributed by atoms with Crippen LogP contribution in [-0.2, 0) is 26.7 Å². The van der Waals surface area contributed by atoms with Crippen LogP contribution in [0.3, 0.4) is 0 Å². The SMILES string of the molecule is Cc1nc(S(=O)(=O)NCCC(=O)NCCC(=O)O)cn1C. The molecule has 1 rings (SSSR count). The Bertz CT molecular complexity index is 603. The van der Waals surface area contributed by atoms with Crippen LogP contribution in [0, 0.1) is 6.92 Å². The molecule has 0 aliphatic heterocycles. The van der Waals surface area contributed by atoms with Crippen molar-refractivity contribution >= 4 is 21.9 Å². The van der Waals surface area contributed by atoms with Crippen molar-refractivity contribution in [2.24, 2.45) is 7.05 Å². The minimum absolute atomic E-state index is 0.0142. The second-order valence-corrected chi connectivity index (χ2v) is 6.09. The molecule has 1 aromatic heterocycles. The van der Waals surface area contributed by atoms with E-state index in [0.29, 0.717) is 5.82 Å². The van der Waals surface area contributed by atoms with Crippen molar-refractivity contribution in [3.05, 3.63) is 12.0 Å². The Balaban J connectivity index is 2.40. The van der Waals surface area contributed by atoms with Crippen molar-refractivity contribution in [2.75, 3.05) is 13.1 Å². The molecular formula is C11H18N4O5S. The molecule has 9 nitrogen and oxygen atoms in total. The number of hydrogen-bond donors (Lipinski definition) is 3. The van der Waals surface area contributed by atoms with Crippen LogP contribution < -0.4 is 10.0 Å². The van der Waals surface area contributed by atoms with E-state index in [0.717, 1.165) is 0 Å². The van der Waals surface area contributed by atoms with E-state index >= 15 is 0 Å². The maximum Gasteiger partial charge on any atom is 0.305 e. The number of sulfonamides is 1. The van der Waals surface area contributed by atoms with Gasteiger partial charge in [0, 0.05) is 32.8 Å². The highest BCUT2D eigenvalue weighted by atomic mass is 32.2. The fraction of sp³-hybridized carbons (Fsp3) is 0.545. The molecule has 0 spiro atoms. The zero-order valence-corrected chi connectivity index (χ0v) is 12.6. The van der Waals surface area contributed by atoms with Crippen molar-refractivity contribution < 1.29 is 23.1 Å². The molecule has 1 heterocycles. The predicted molar refractivity (Wildman–Crippen MR) is 73.0 cm³/mol. The van der Waals surface area contributed by atoms with Gasteiger partial charge in [0.2, 0.25) is 5.91 Å². The lowest BCUT2D eigenvalue weighted by molar-refractivity contribution is -0.136. The number of carboxylic acid groups (broad SMARTS) is 1. The van der Waals surface area contributed by atoms with Gasteiger partial charge in [-0.25, -0.2) is 18.1 Å². The van der Waals surface area contributed by atoms with Crippen LogP contribution in [-0.4, -0.2) is 48.0 Å². The average molecular weight is 318 g/mol. The molecule has 1 amide bonds. The molecule has 0 radical (unpaired) electrons. The van der Waals surface area contributed by atoms with Crippen molar-refractivity contribution in [3.63, 3.8) is 0 Å². The number of aromatic nitrogens is 2. The molecule has 3 N–H and O–H groups in total. The van der Waals surface area contributed by atoms with Crippen LogP contribution in [0.5, 0.6) is 0 Å². The topological polar surface area (TPSA) is 130 Å². The first-order valence-electron chi connectivity index (χ1n) is 6.20. The fourth-order valence-electron chi connectivity index (χ4n) is 1.43. The summed E-state index contributed by atoms with van der Waals surface area (Å²) in [6.07, 6.45) is 1.12. The number of nitrogens with one attached hydrogen (secondary N) is 2. The molecule has 0 aromatic carbocycles. The monoisotopic (exact) mass is 318 g/mol. The highest BCUT2D eigenvalue weighted by Crippen LogP contribution is 2.07. The first-order chi connectivity index (χ1) is 9.72. The second-order valence-electron chi connectivity index (χ2n) is 4.38. The lowest BCUT2D eigenvalue weighted by Crippen LogP contribution is -2.31. The highest BCUT2D eigenvalue weighted by molar-refractivity contribution is 7.89. The molecule has 0 aliphatic rings. The summed E-state index contributed by atoms with van der Waals surface area (Å²) in [6.45, 7) is 1.60. The van der Waals surface area contributed by atoms with E-state index in [9.17, 15) is 18.0 Å². The average Bonchev–Trinajstić information content (AvgIpc) is 2.69. The third-order valence-corrected chi connectivity index (χ3v) is 4.00. The normalized spacial score (nSPS) is 11.3. The van der Waals surface area contributed by atoms with Gasteiger partial charge >= 0.3 is 5.97 Å². The number of rotatable bonds is 8.